The van der Waals surface area contributed by atoms with Crippen molar-refractivity contribution in [3.8, 4) is 5.75 Å². The number of anilines is 1. The minimum atomic E-state index is 0.236. The topological polar surface area (TPSA) is 21.3 Å². The highest BCUT2D eigenvalue weighted by molar-refractivity contribution is 7.98. The molecule has 0 radical (unpaired) electrons. The molecule has 0 aromatic heterocycles. The first-order valence-corrected chi connectivity index (χ1v) is 7.61. The first-order chi connectivity index (χ1) is 8.22. The zero-order chi connectivity index (χ0) is 12.5. The second-order valence-corrected chi connectivity index (χ2v) is 5.30. The Hall–Kier alpha value is -0.830. The second-order valence-electron chi connectivity index (χ2n) is 4.32. The van der Waals surface area contributed by atoms with Crippen molar-refractivity contribution in [2.45, 2.75) is 32.8 Å². The van der Waals surface area contributed by atoms with Gasteiger partial charge in [-0.05, 0) is 63.0 Å². The lowest BCUT2D eigenvalue weighted by Gasteiger charge is -2.11. The molecular weight excluding hydrogens is 230 g/mol. The average Bonchev–Trinajstić information content (AvgIpc) is 2.30. The van der Waals surface area contributed by atoms with Crippen LogP contribution in [0.15, 0.2) is 24.3 Å². The average molecular weight is 253 g/mol. The molecule has 1 aromatic carbocycles. The number of unbranched alkanes of at least 4 members (excludes halogenated alkanes) is 1. The number of thioether (sulfide) groups is 1. The molecule has 17 heavy (non-hydrogen) atoms. The number of nitrogens with one attached hydrogen (secondary N) is 1. The van der Waals surface area contributed by atoms with Gasteiger partial charge < -0.3 is 10.1 Å². The Morgan fingerprint density at radius 2 is 1.88 bits per heavy atom. The molecule has 96 valence electrons. The van der Waals surface area contributed by atoms with Crippen LogP contribution >= 0.6 is 11.8 Å². The molecule has 1 aromatic rings. The number of rotatable bonds is 8. The van der Waals surface area contributed by atoms with Crippen LogP contribution < -0.4 is 10.1 Å². The van der Waals surface area contributed by atoms with Crippen LogP contribution in [-0.2, 0) is 0 Å². The summed E-state index contributed by atoms with van der Waals surface area (Å²) in [6, 6.07) is 8.19. The highest BCUT2D eigenvalue weighted by Crippen LogP contribution is 2.16. The van der Waals surface area contributed by atoms with Crippen molar-refractivity contribution < 1.29 is 4.74 Å². The summed E-state index contributed by atoms with van der Waals surface area (Å²) in [5.41, 5.74) is 1.17. The van der Waals surface area contributed by atoms with Crippen molar-refractivity contribution in [2.75, 3.05) is 23.9 Å². The predicted molar refractivity (Wildman–Crippen MR) is 78.3 cm³/mol. The van der Waals surface area contributed by atoms with E-state index in [9.17, 15) is 0 Å². The quantitative estimate of drug-likeness (QED) is 0.707. The van der Waals surface area contributed by atoms with Gasteiger partial charge >= 0.3 is 0 Å². The number of benzene rings is 1. The van der Waals surface area contributed by atoms with Crippen molar-refractivity contribution in [1.29, 1.82) is 0 Å². The van der Waals surface area contributed by atoms with Gasteiger partial charge in [0.25, 0.3) is 0 Å². The van der Waals surface area contributed by atoms with E-state index in [-0.39, 0.29) is 6.10 Å². The number of hydrogen-bond acceptors (Lipinski definition) is 3. The molecule has 3 heteroatoms. The maximum Gasteiger partial charge on any atom is 0.119 e. The van der Waals surface area contributed by atoms with Crippen molar-refractivity contribution in [3.05, 3.63) is 24.3 Å². The monoisotopic (exact) mass is 253 g/mol. The van der Waals surface area contributed by atoms with E-state index in [0.717, 1.165) is 12.3 Å². The van der Waals surface area contributed by atoms with Gasteiger partial charge in [-0.1, -0.05) is 0 Å². The van der Waals surface area contributed by atoms with E-state index in [0.29, 0.717) is 0 Å². The second kappa shape index (κ2) is 8.29. The van der Waals surface area contributed by atoms with E-state index >= 15 is 0 Å². The fourth-order valence-electron chi connectivity index (χ4n) is 1.53. The van der Waals surface area contributed by atoms with E-state index in [4.69, 9.17) is 4.74 Å². The third-order valence-electron chi connectivity index (χ3n) is 2.33. The molecule has 0 unspecified atom stereocenters. The van der Waals surface area contributed by atoms with Crippen LogP contribution in [0.4, 0.5) is 5.69 Å². The molecule has 1 rings (SSSR count). The summed E-state index contributed by atoms with van der Waals surface area (Å²) in [5, 5.41) is 3.42. The molecule has 0 saturated carbocycles. The summed E-state index contributed by atoms with van der Waals surface area (Å²) in [7, 11) is 0. The molecule has 0 fully saturated rings. The van der Waals surface area contributed by atoms with Crippen molar-refractivity contribution >= 4 is 17.4 Å². The Labute approximate surface area is 109 Å². The Kier molecular flexibility index (Phi) is 6.94. The highest BCUT2D eigenvalue weighted by atomic mass is 32.2. The largest absolute Gasteiger partial charge is 0.491 e. The third-order valence-corrected chi connectivity index (χ3v) is 3.03. The Morgan fingerprint density at radius 1 is 1.18 bits per heavy atom. The van der Waals surface area contributed by atoms with Crippen LogP contribution in [0.3, 0.4) is 0 Å². The van der Waals surface area contributed by atoms with E-state index < -0.39 is 0 Å². The van der Waals surface area contributed by atoms with Gasteiger partial charge in [0.2, 0.25) is 0 Å². The predicted octanol–water partition coefficient (Wildman–Crippen LogP) is 4.03. The van der Waals surface area contributed by atoms with Crippen molar-refractivity contribution in [2.24, 2.45) is 0 Å². The van der Waals surface area contributed by atoms with Gasteiger partial charge in [-0.15, -0.1) is 0 Å². The fourth-order valence-corrected chi connectivity index (χ4v) is 2.02. The smallest absolute Gasteiger partial charge is 0.119 e. The van der Waals surface area contributed by atoms with Crippen molar-refractivity contribution in [1.82, 2.24) is 0 Å². The maximum absolute atomic E-state index is 5.60. The van der Waals surface area contributed by atoms with Crippen molar-refractivity contribution in [3.63, 3.8) is 0 Å². The third kappa shape index (κ3) is 6.47. The van der Waals surface area contributed by atoms with E-state index in [2.05, 4.69) is 23.7 Å². The standard InChI is InChI=1S/C14H23NOS/c1-12(2)16-14-8-6-13(7-9-14)15-10-4-5-11-17-3/h6-9,12,15H,4-5,10-11H2,1-3H3. The zero-order valence-electron chi connectivity index (χ0n) is 11.0. The first-order valence-electron chi connectivity index (χ1n) is 6.22. The summed E-state index contributed by atoms with van der Waals surface area (Å²) in [5.74, 6) is 2.19. The summed E-state index contributed by atoms with van der Waals surface area (Å²) < 4.78 is 5.60. The molecule has 0 aliphatic heterocycles. The summed E-state index contributed by atoms with van der Waals surface area (Å²) >= 11 is 1.91. The van der Waals surface area contributed by atoms with Gasteiger partial charge in [0, 0.05) is 12.2 Å². The number of ether oxygens (including phenoxy) is 1. The molecule has 2 nitrogen and oxygen atoms in total. The van der Waals surface area contributed by atoms with Gasteiger partial charge in [-0.25, -0.2) is 0 Å². The molecule has 0 amide bonds. The van der Waals surface area contributed by atoms with E-state index in [1.54, 1.807) is 0 Å². The van der Waals surface area contributed by atoms with Gasteiger partial charge in [0.15, 0.2) is 0 Å². The molecule has 0 aliphatic rings. The first kappa shape index (κ1) is 14.2. The Bertz CT molecular complexity index is 298. The van der Waals surface area contributed by atoms with Crippen LogP contribution in [0.5, 0.6) is 5.75 Å². The molecule has 0 spiro atoms. The molecule has 0 saturated heterocycles. The zero-order valence-corrected chi connectivity index (χ0v) is 11.8. The minimum absolute atomic E-state index is 0.236. The lowest BCUT2D eigenvalue weighted by molar-refractivity contribution is 0.242. The van der Waals surface area contributed by atoms with Crippen LogP contribution in [-0.4, -0.2) is 24.7 Å². The summed E-state index contributed by atoms with van der Waals surface area (Å²) in [6.45, 7) is 5.13. The summed E-state index contributed by atoms with van der Waals surface area (Å²) in [6.07, 6.45) is 4.90. The Balaban J connectivity index is 2.25. The van der Waals surface area contributed by atoms with Gasteiger partial charge in [0.1, 0.15) is 5.75 Å². The molecule has 0 atom stereocenters. The highest BCUT2D eigenvalue weighted by Gasteiger charge is 1.97. The van der Waals surface area contributed by atoms with Gasteiger partial charge in [0.05, 0.1) is 6.10 Å². The van der Waals surface area contributed by atoms with E-state index in [1.807, 2.05) is 37.7 Å². The van der Waals surface area contributed by atoms with Crippen LogP contribution in [0.25, 0.3) is 0 Å². The van der Waals surface area contributed by atoms with Gasteiger partial charge in [-0.2, -0.15) is 11.8 Å². The fraction of sp³-hybridized carbons (Fsp3) is 0.571. The maximum atomic E-state index is 5.60. The van der Waals surface area contributed by atoms with Crippen LogP contribution in [0, 0.1) is 0 Å². The van der Waals surface area contributed by atoms with Gasteiger partial charge in [-0.3, -0.25) is 0 Å². The van der Waals surface area contributed by atoms with Crippen LogP contribution in [0.2, 0.25) is 0 Å². The Morgan fingerprint density at radius 3 is 2.47 bits per heavy atom. The molecule has 0 aliphatic carbocycles. The number of hydrogen-bond donors (Lipinski definition) is 1. The van der Waals surface area contributed by atoms with Crippen LogP contribution in [0.1, 0.15) is 26.7 Å². The molecule has 0 bridgehead atoms. The SMILES string of the molecule is CSCCCCNc1ccc(OC(C)C)cc1. The molecular formula is C14H23NOS. The lowest BCUT2D eigenvalue weighted by atomic mass is 10.2. The van der Waals surface area contributed by atoms with E-state index in [1.165, 1.54) is 24.3 Å². The molecule has 0 heterocycles. The lowest BCUT2D eigenvalue weighted by Crippen LogP contribution is -2.06. The normalized spacial score (nSPS) is 10.6. The molecule has 1 N–H and O–H groups in total. The minimum Gasteiger partial charge on any atom is -0.491 e. The summed E-state index contributed by atoms with van der Waals surface area (Å²) in [4.78, 5) is 0.